The molecule has 0 aliphatic carbocycles. The number of aromatic amines is 1. The summed E-state index contributed by atoms with van der Waals surface area (Å²) in [6.45, 7) is 0. The lowest BCUT2D eigenvalue weighted by Crippen LogP contribution is -1.95. The van der Waals surface area contributed by atoms with Crippen LogP contribution in [0.4, 0.5) is 5.69 Å². The van der Waals surface area contributed by atoms with Crippen LogP contribution in [0.3, 0.4) is 0 Å². The summed E-state index contributed by atoms with van der Waals surface area (Å²) in [6, 6.07) is 14.2. The Labute approximate surface area is 139 Å². The average molecular weight is 317 g/mol. The van der Waals surface area contributed by atoms with E-state index in [0.29, 0.717) is 5.57 Å². The first-order valence-electron chi connectivity index (χ1n) is 7.43. The highest BCUT2D eigenvalue weighted by Gasteiger charge is 2.05. The number of nitriles is 1. The van der Waals surface area contributed by atoms with E-state index in [1.54, 1.807) is 18.6 Å². The molecule has 0 fully saturated rings. The normalized spacial score (nSPS) is 11.0. The van der Waals surface area contributed by atoms with Crippen LogP contribution in [0.1, 0.15) is 17.0 Å². The molecule has 2 N–H and O–H groups in total. The van der Waals surface area contributed by atoms with E-state index in [0.717, 1.165) is 18.5 Å². The van der Waals surface area contributed by atoms with E-state index in [-0.39, 0.29) is 5.82 Å². The van der Waals surface area contributed by atoms with Gasteiger partial charge in [-0.1, -0.05) is 12.1 Å². The fraction of sp³-hybridized carbons (Fsp3) is 0.118. The second-order valence-electron chi connectivity index (χ2n) is 5.11. The minimum Gasteiger partial charge on any atom is -0.360 e. The molecule has 7 nitrogen and oxygen atoms in total. The first kappa shape index (κ1) is 15.4. The fourth-order valence-electron chi connectivity index (χ4n) is 2.23. The van der Waals surface area contributed by atoms with Gasteiger partial charge in [-0.3, -0.25) is 4.98 Å². The van der Waals surface area contributed by atoms with Crippen LogP contribution in [0.25, 0.3) is 5.57 Å². The van der Waals surface area contributed by atoms with Crippen LogP contribution in [0.5, 0.6) is 0 Å². The van der Waals surface area contributed by atoms with Gasteiger partial charge in [0.2, 0.25) is 5.82 Å². The van der Waals surface area contributed by atoms with Gasteiger partial charge in [0.05, 0.1) is 0 Å². The Morgan fingerprint density at radius 1 is 1.17 bits per heavy atom. The predicted molar refractivity (Wildman–Crippen MR) is 89.5 cm³/mol. The molecule has 118 valence electrons. The van der Waals surface area contributed by atoms with Gasteiger partial charge in [-0.15, -0.1) is 10.2 Å². The van der Waals surface area contributed by atoms with Gasteiger partial charge in [-0.2, -0.15) is 10.5 Å². The fourth-order valence-corrected chi connectivity index (χ4v) is 2.23. The zero-order chi connectivity index (χ0) is 16.6. The maximum Gasteiger partial charge on any atom is 0.216 e. The standard InChI is InChI=1S/C17H15N7/c18-11-15(17-21-23-24-22-17)12-20-16-3-1-2-14(10-16)5-4-13-6-8-19-9-7-13/h1-3,6-10,12,20H,4-5H2,(H,21,22,23,24). The summed E-state index contributed by atoms with van der Waals surface area (Å²) >= 11 is 0. The number of aryl methyl sites for hydroxylation is 2. The molecule has 0 saturated heterocycles. The maximum atomic E-state index is 9.16. The highest BCUT2D eigenvalue weighted by molar-refractivity contribution is 5.74. The smallest absolute Gasteiger partial charge is 0.216 e. The largest absolute Gasteiger partial charge is 0.360 e. The lowest BCUT2D eigenvalue weighted by Gasteiger charge is -2.06. The zero-order valence-electron chi connectivity index (χ0n) is 12.8. The summed E-state index contributed by atoms with van der Waals surface area (Å²) in [5, 5.41) is 25.6. The molecule has 3 rings (SSSR count). The Bertz CT molecular complexity index is 848. The molecule has 7 heteroatoms. The molecule has 0 aliphatic heterocycles. The van der Waals surface area contributed by atoms with Gasteiger partial charge in [-0.05, 0) is 53.4 Å². The van der Waals surface area contributed by atoms with Crippen molar-refractivity contribution < 1.29 is 0 Å². The van der Waals surface area contributed by atoms with Gasteiger partial charge in [0.25, 0.3) is 0 Å². The van der Waals surface area contributed by atoms with E-state index >= 15 is 0 Å². The molecule has 24 heavy (non-hydrogen) atoms. The van der Waals surface area contributed by atoms with E-state index < -0.39 is 0 Å². The second-order valence-corrected chi connectivity index (χ2v) is 5.11. The van der Waals surface area contributed by atoms with Crippen molar-refractivity contribution in [1.82, 2.24) is 25.6 Å². The lowest BCUT2D eigenvalue weighted by atomic mass is 10.0. The molecule has 0 radical (unpaired) electrons. The summed E-state index contributed by atoms with van der Waals surface area (Å²) in [6.07, 6.45) is 7.07. The van der Waals surface area contributed by atoms with E-state index in [4.69, 9.17) is 5.26 Å². The lowest BCUT2D eigenvalue weighted by molar-refractivity contribution is 0.881. The van der Waals surface area contributed by atoms with E-state index in [2.05, 4.69) is 43.1 Å². The van der Waals surface area contributed by atoms with E-state index in [1.165, 1.54) is 11.1 Å². The summed E-state index contributed by atoms with van der Waals surface area (Å²) in [7, 11) is 0. The topological polar surface area (TPSA) is 103 Å². The minimum absolute atomic E-state index is 0.263. The van der Waals surface area contributed by atoms with Crippen LogP contribution in [-0.2, 0) is 12.8 Å². The predicted octanol–water partition coefficient (Wildman–Crippen LogP) is 2.36. The van der Waals surface area contributed by atoms with Gasteiger partial charge >= 0.3 is 0 Å². The molecular formula is C17H15N7. The number of nitrogens with one attached hydrogen (secondary N) is 2. The first-order valence-corrected chi connectivity index (χ1v) is 7.43. The van der Waals surface area contributed by atoms with Crippen LogP contribution in [0.15, 0.2) is 55.0 Å². The second kappa shape index (κ2) is 7.65. The van der Waals surface area contributed by atoms with Crippen molar-refractivity contribution in [1.29, 1.82) is 5.26 Å². The van der Waals surface area contributed by atoms with Crippen molar-refractivity contribution in [2.24, 2.45) is 0 Å². The van der Waals surface area contributed by atoms with Crippen LogP contribution in [0.2, 0.25) is 0 Å². The zero-order valence-corrected chi connectivity index (χ0v) is 12.8. The molecule has 0 saturated carbocycles. The number of rotatable bonds is 6. The van der Waals surface area contributed by atoms with Gasteiger partial charge < -0.3 is 5.32 Å². The Morgan fingerprint density at radius 2 is 2.00 bits per heavy atom. The third-order valence-electron chi connectivity index (χ3n) is 3.47. The van der Waals surface area contributed by atoms with Gasteiger partial charge in [-0.25, -0.2) is 0 Å². The van der Waals surface area contributed by atoms with Crippen LogP contribution < -0.4 is 5.32 Å². The van der Waals surface area contributed by atoms with Crippen molar-refractivity contribution in [3.05, 3.63) is 71.9 Å². The summed E-state index contributed by atoms with van der Waals surface area (Å²) in [5.74, 6) is 0.263. The molecule has 0 aliphatic rings. The summed E-state index contributed by atoms with van der Waals surface area (Å²) < 4.78 is 0. The number of nitrogens with zero attached hydrogens (tertiary/aromatic N) is 5. The number of anilines is 1. The van der Waals surface area contributed by atoms with Crippen LogP contribution >= 0.6 is 0 Å². The SMILES string of the molecule is N#CC(=CNc1cccc(CCc2ccncc2)c1)c1nn[nH]n1. The molecule has 0 bridgehead atoms. The van der Waals surface area contributed by atoms with Crippen molar-refractivity contribution in [3.63, 3.8) is 0 Å². The van der Waals surface area contributed by atoms with Crippen molar-refractivity contribution >= 4 is 11.3 Å². The molecule has 2 heterocycles. The molecule has 0 spiro atoms. The summed E-state index contributed by atoms with van der Waals surface area (Å²) in [4.78, 5) is 4.02. The molecule has 0 unspecified atom stereocenters. The van der Waals surface area contributed by atoms with Crippen molar-refractivity contribution in [2.75, 3.05) is 5.32 Å². The monoisotopic (exact) mass is 317 g/mol. The number of aromatic nitrogens is 5. The third kappa shape index (κ3) is 4.01. The van der Waals surface area contributed by atoms with Gasteiger partial charge in [0.1, 0.15) is 11.6 Å². The summed E-state index contributed by atoms with van der Waals surface area (Å²) in [5.41, 5.74) is 3.68. The molecular weight excluding hydrogens is 302 g/mol. The van der Waals surface area contributed by atoms with Crippen molar-refractivity contribution in [2.45, 2.75) is 12.8 Å². The number of tetrazole rings is 1. The van der Waals surface area contributed by atoms with Gasteiger partial charge in [0, 0.05) is 24.3 Å². The molecule has 1 aromatic carbocycles. The quantitative estimate of drug-likeness (QED) is 0.676. The molecule has 3 aromatic rings. The minimum atomic E-state index is 0.263. The van der Waals surface area contributed by atoms with Crippen LogP contribution in [0, 0.1) is 11.3 Å². The highest BCUT2D eigenvalue weighted by atomic mass is 15.5. The maximum absolute atomic E-state index is 9.16. The third-order valence-corrected chi connectivity index (χ3v) is 3.47. The Kier molecular flexibility index (Phi) is 4.90. The molecule has 0 atom stereocenters. The number of allylic oxidation sites excluding steroid dienone is 1. The number of pyridine rings is 1. The Hall–Kier alpha value is -3.53. The van der Waals surface area contributed by atoms with Gasteiger partial charge in [0.15, 0.2) is 0 Å². The van der Waals surface area contributed by atoms with Crippen molar-refractivity contribution in [3.8, 4) is 6.07 Å². The van der Waals surface area contributed by atoms with Crippen LogP contribution in [-0.4, -0.2) is 25.6 Å². The number of H-pyrrole nitrogens is 1. The Balaban J connectivity index is 1.66. The number of hydrogen-bond donors (Lipinski definition) is 2. The molecule has 0 amide bonds. The number of hydrogen-bond acceptors (Lipinski definition) is 6. The average Bonchev–Trinajstić information content (AvgIpc) is 3.16. The molecule has 2 aromatic heterocycles. The van der Waals surface area contributed by atoms with E-state index in [1.807, 2.05) is 30.3 Å². The Morgan fingerprint density at radius 3 is 2.75 bits per heavy atom. The highest BCUT2D eigenvalue weighted by Crippen LogP contribution is 2.15. The number of benzene rings is 1. The van der Waals surface area contributed by atoms with E-state index in [9.17, 15) is 0 Å². The first-order chi connectivity index (χ1) is 11.8.